The van der Waals surface area contributed by atoms with E-state index >= 15 is 0 Å². The number of amides is 2. The number of carbonyl (C=O) groups excluding carboxylic acids is 2. The van der Waals surface area contributed by atoms with Crippen molar-refractivity contribution in [1.82, 2.24) is 5.16 Å². The number of hydrogen-bond donors (Lipinski definition) is 1. The van der Waals surface area contributed by atoms with Gasteiger partial charge in [-0.25, -0.2) is 4.79 Å². The number of nitrogens with zero attached hydrogens (tertiary/aromatic N) is 3. The third-order valence-electron chi connectivity index (χ3n) is 5.51. The number of rotatable bonds is 3. The summed E-state index contributed by atoms with van der Waals surface area (Å²) in [5.41, 5.74) is 4.20. The number of cyclic esters (lactones) is 1. The topological polar surface area (TPSA) is 87.9 Å². The molecule has 5 rings (SSSR count). The molecular weight excluding hydrogens is 336 g/mol. The molecule has 0 aliphatic carbocycles. The number of aromatic nitrogens is 1. The lowest BCUT2D eigenvalue weighted by molar-refractivity contribution is -0.118. The Bertz CT molecular complexity index is 895. The Hall–Kier alpha value is -3.03. The molecule has 1 aromatic carbocycles. The first kappa shape index (κ1) is 15.2. The molecule has 8 heteroatoms. The zero-order valence-corrected chi connectivity index (χ0v) is 14.3. The Balaban J connectivity index is 1.44. The van der Waals surface area contributed by atoms with Crippen molar-refractivity contribution in [3.05, 3.63) is 35.6 Å². The molecule has 0 unspecified atom stereocenters. The Morgan fingerprint density at radius 3 is 2.85 bits per heavy atom. The van der Waals surface area contributed by atoms with Gasteiger partial charge in [-0.1, -0.05) is 5.16 Å². The highest BCUT2D eigenvalue weighted by atomic mass is 16.6. The minimum Gasteiger partial charge on any atom is -0.442 e. The fraction of sp³-hybridized carbons (Fsp3) is 0.389. The fourth-order valence-corrected chi connectivity index (χ4v) is 4.21. The van der Waals surface area contributed by atoms with Crippen molar-refractivity contribution in [3.8, 4) is 0 Å². The zero-order valence-electron chi connectivity index (χ0n) is 14.3. The molecule has 1 N–H and O–H groups in total. The van der Waals surface area contributed by atoms with Crippen molar-refractivity contribution in [1.29, 1.82) is 0 Å². The van der Waals surface area contributed by atoms with Gasteiger partial charge in [0.25, 0.3) is 0 Å². The molecule has 1 saturated heterocycles. The lowest BCUT2D eigenvalue weighted by atomic mass is 9.93. The van der Waals surface area contributed by atoms with Crippen LogP contribution in [-0.2, 0) is 22.4 Å². The predicted molar refractivity (Wildman–Crippen MR) is 93.4 cm³/mol. The van der Waals surface area contributed by atoms with E-state index in [1.807, 2.05) is 19.2 Å². The molecule has 0 spiro atoms. The highest BCUT2D eigenvalue weighted by Crippen LogP contribution is 2.44. The third-order valence-corrected chi connectivity index (χ3v) is 5.51. The standard InChI is InChI=1S/C18H18N4O4/c1-21-12-3-4-13-11(10(12)2-5-17(21)23)8-14-15(26-18(24)22(13)14)9-19-16-6-7-25-20-16/h3-4,6-7,14-15H,2,5,8-9H2,1H3,(H,19,20)/t14-,15-/m0/s1. The summed E-state index contributed by atoms with van der Waals surface area (Å²) < 4.78 is 10.4. The second-order valence-electron chi connectivity index (χ2n) is 6.84. The van der Waals surface area contributed by atoms with Gasteiger partial charge in [-0.3, -0.25) is 9.69 Å². The minimum atomic E-state index is -0.319. The Morgan fingerprint density at radius 2 is 2.04 bits per heavy atom. The molecule has 0 bridgehead atoms. The van der Waals surface area contributed by atoms with Crippen molar-refractivity contribution in [2.24, 2.45) is 0 Å². The summed E-state index contributed by atoms with van der Waals surface area (Å²) in [4.78, 5) is 27.9. The lowest BCUT2D eigenvalue weighted by Crippen LogP contribution is -2.36. The zero-order chi connectivity index (χ0) is 17.8. The van der Waals surface area contributed by atoms with Crippen LogP contribution in [0.15, 0.2) is 29.0 Å². The number of benzene rings is 1. The van der Waals surface area contributed by atoms with E-state index < -0.39 is 0 Å². The van der Waals surface area contributed by atoms with E-state index in [9.17, 15) is 9.59 Å². The summed E-state index contributed by atoms with van der Waals surface area (Å²) >= 11 is 0. The summed E-state index contributed by atoms with van der Waals surface area (Å²) in [6, 6.07) is 5.53. The molecular formula is C18H18N4O4. The van der Waals surface area contributed by atoms with Gasteiger partial charge in [0.2, 0.25) is 5.91 Å². The first-order valence-electron chi connectivity index (χ1n) is 8.69. The van der Waals surface area contributed by atoms with Crippen molar-refractivity contribution < 1.29 is 18.8 Å². The molecule has 3 aliphatic rings. The van der Waals surface area contributed by atoms with Crippen LogP contribution < -0.4 is 15.1 Å². The van der Waals surface area contributed by atoms with Crippen LogP contribution >= 0.6 is 0 Å². The van der Waals surface area contributed by atoms with E-state index in [0.29, 0.717) is 18.8 Å². The number of hydrogen-bond acceptors (Lipinski definition) is 6. The van der Waals surface area contributed by atoms with Crippen LogP contribution in [0.2, 0.25) is 0 Å². The van der Waals surface area contributed by atoms with Gasteiger partial charge in [0.1, 0.15) is 12.4 Å². The van der Waals surface area contributed by atoms with Crippen LogP contribution in [0.4, 0.5) is 22.0 Å². The quantitative estimate of drug-likeness (QED) is 0.906. The van der Waals surface area contributed by atoms with Crippen LogP contribution in [0.5, 0.6) is 0 Å². The highest BCUT2D eigenvalue weighted by molar-refractivity contribution is 5.99. The molecule has 8 nitrogen and oxygen atoms in total. The van der Waals surface area contributed by atoms with Crippen molar-refractivity contribution >= 4 is 29.2 Å². The minimum absolute atomic E-state index is 0.0497. The average Bonchev–Trinajstić information content (AvgIpc) is 3.34. The lowest BCUT2D eigenvalue weighted by Gasteiger charge is -2.27. The number of ether oxygens (including phenoxy) is 1. The average molecular weight is 354 g/mol. The van der Waals surface area contributed by atoms with E-state index in [4.69, 9.17) is 9.26 Å². The Morgan fingerprint density at radius 1 is 1.19 bits per heavy atom. The maximum absolute atomic E-state index is 12.5. The second kappa shape index (κ2) is 5.48. The number of nitrogens with one attached hydrogen (secondary N) is 1. The van der Waals surface area contributed by atoms with Crippen molar-refractivity contribution in [3.63, 3.8) is 0 Å². The SMILES string of the molecule is CN1C(=O)CCc2c1ccc1c2C[C@H]2[C@H](CNc3ccon3)OC(=O)N12. The van der Waals surface area contributed by atoms with Crippen LogP contribution in [0, 0.1) is 0 Å². The van der Waals surface area contributed by atoms with Gasteiger partial charge < -0.3 is 19.5 Å². The summed E-state index contributed by atoms with van der Waals surface area (Å²) in [7, 11) is 1.81. The van der Waals surface area contributed by atoms with Crippen LogP contribution in [-0.4, -0.2) is 42.9 Å². The van der Waals surface area contributed by atoms with Crippen LogP contribution in [0.1, 0.15) is 17.5 Å². The fourth-order valence-electron chi connectivity index (χ4n) is 4.21. The van der Waals surface area contributed by atoms with Gasteiger partial charge >= 0.3 is 6.09 Å². The molecule has 134 valence electrons. The largest absolute Gasteiger partial charge is 0.442 e. The van der Waals surface area contributed by atoms with Gasteiger partial charge in [-0.15, -0.1) is 0 Å². The predicted octanol–water partition coefficient (Wildman–Crippen LogP) is 1.95. The van der Waals surface area contributed by atoms with Gasteiger partial charge in [-0.05, 0) is 36.1 Å². The maximum Gasteiger partial charge on any atom is 0.415 e. The van der Waals surface area contributed by atoms with Gasteiger partial charge in [0, 0.05) is 25.2 Å². The normalized spacial score (nSPS) is 23.6. The molecule has 0 saturated carbocycles. The molecule has 2 aromatic rings. The van der Waals surface area contributed by atoms with E-state index in [2.05, 4.69) is 10.5 Å². The summed E-state index contributed by atoms with van der Waals surface area (Å²) in [5, 5.41) is 6.96. The van der Waals surface area contributed by atoms with E-state index in [-0.39, 0.29) is 24.1 Å². The molecule has 0 radical (unpaired) electrons. The monoisotopic (exact) mass is 354 g/mol. The smallest absolute Gasteiger partial charge is 0.415 e. The number of anilines is 3. The maximum atomic E-state index is 12.5. The Kier molecular flexibility index (Phi) is 3.22. The molecule has 3 aliphatic heterocycles. The third kappa shape index (κ3) is 2.11. The summed E-state index contributed by atoms with van der Waals surface area (Å²) in [6.07, 6.45) is 2.86. The van der Waals surface area contributed by atoms with Crippen molar-refractivity contribution in [2.75, 3.05) is 28.7 Å². The van der Waals surface area contributed by atoms with Crippen molar-refractivity contribution in [2.45, 2.75) is 31.4 Å². The van der Waals surface area contributed by atoms with Gasteiger partial charge in [-0.2, -0.15) is 0 Å². The van der Waals surface area contributed by atoms with Crippen LogP contribution in [0.3, 0.4) is 0 Å². The first-order chi connectivity index (χ1) is 12.6. The highest BCUT2D eigenvalue weighted by Gasteiger charge is 2.48. The molecule has 1 aromatic heterocycles. The summed E-state index contributed by atoms with van der Waals surface area (Å²) in [5.74, 6) is 0.748. The van der Waals surface area contributed by atoms with E-state index in [0.717, 1.165) is 29.8 Å². The van der Waals surface area contributed by atoms with E-state index in [1.54, 1.807) is 15.9 Å². The number of fused-ring (bicyclic) bond motifs is 5. The number of carbonyl (C=O) groups is 2. The Labute approximate surface area is 149 Å². The second-order valence-corrected chi connectivity index (χ2v) is 6.84. The first-order valence-corrected chi connectivity index (χ1v) is 8.69. The molecule has 4 heterocycles. The molecule has 2 amide bonds. The van der Waals surface area contributed by atoms with Crippen LogP contribution in [0.25, 0.3) is 0 Å². The summed E-state index contributed by atoms with van der Waals surface area (Å²) in [6.45, 7) is 0.466. The van der Waals surface area contributed by atoms with E-state index in [1.165, 1.54) is 11.8 Å². The van der Waals surface area contributed by atoms with Gasteiger partial charge in [0.15, 0.2) is 5.82 Å². The molecule has 1 fully saturated rings. The molecule has 2 atom stereocenters. The van der Waals surface area contributed by atoms with Gasteiger partial charge in [0.05, 0.1) is 18.3 Å². The molecule has 26 heavy (non-hydrogen) atoms.